The van der Waals surface area contributed by atoms with Crippen LogP contribution in [0.3, 0.4) is 0 Å². The van der Waals surface area contributed by atoms with Gasteiger partial charge in [0, 0.05) is 11.3 Å². The number of nitriles is 1. The molecule has 2 aromatic carbocycles. The monoisotopic (exact) mass is 337 g/mol. The van der Waals surface area contributed by atoms with Crippen molar-refractivity contribution in [2.24, 2.45) is 10.2 Å². The third kappa shape index (κ3) is 3.02. The fourth-order valence-electron chi connectivity index (χ4n) is 3.05. The lowest BCUT2D eigenvalue weighted by Crippen LogP contribution is -2.45. The van der Waals surface area contributed by atoms with Gasteiger partial charge in [-0.3, -0.25) is 4.21 Å². The van der Waals surface area contributed by atoms with Crippen molar-refractivity contribution in [1.29, 1.82) is 5.26 Å². The normalized spacial score (nSPS) is 26.9. The van der Waals surface area contributed by atoms with E-state index in [1.54, 1.807) is 0 Å². The van der Waals surface area contributed by atoms with Crippen LogP contribution in [0.4, 0.5) is 0 Å². The molecule has 0 saturated carbocycles. The molecule has 4 nitrogen and oxygen atoms in total. The molecule has 5 heteroatoms. The first-order valence-corrected chi connectivity index (χ1v) is 9.11. The van der Waals surface area contributed by atoms with Gasteiger partial charge in [0.25, 0.3) is 0 Å². The maximum Gasteiger partial charge on any atom is 0.188 e. The van der Waals surface area contributed by atoms with Crippen LogP contribution in [0.15, 0.2) is 69.7 Å². The second kappa shape index (κ2) is 6.66. The molecule has 0 saturated heterocycles. The van der Waals surface area contributed by atoms with Gasteiger partial charge in [0.05, 0.1) is 22.9 Å². The molecule has 0 N–H and O–H groups in total. The first-order chi connectivity index (χ1) is 11.6. The molecule has 1 aliphatic rings. The Balaban J connectivity index is 1.96. The molecule has 0 amide bonds. The summed E-state index contributed by atoms with van der Waals surface area (Å²) < 4.78 is 13.2. The molecule has 0 spiro atoms. The molecular formula is C19H19N3OS. The Morgan fingerprint density at radius 2 is 1.83 bits per heavy atom. The topological polar surface area (TPSA) is 65.6 Å². The van der Waals surface area contributed by atoms with E-state index in [1.165, 1.54) is 0 Å². The number of hydrogen-bond donors (Lipinski definition) is 0. The summed E-state index contributed by atoms with van der Waals surface area (Å²) in [4.78, 5) is 0.720. The molecule has 24 heavy (non-hydrogen) atoms. The summed E-state index contributed by atoms with van der Waals surface area (Å²) in [6, 6.07) is 19.4. The van der Waals surface area contributed by atoms with Crippen LogP contribution in [-0.2, 0) is 17.2 Å². The summed E-state index contributed by atoms with van der Waals surface area (Å²) in [6.07, 6.45) is 0.417. The lowest BCUT2D eigenvalue weighted by Gasteiger charge is -2.26. The van der Waals surface area contributed by atoms with Crippen molar-refractivity contribution in [2.45, 2.75) is 42.0 Å². The Labute approximate surface area is 144 Å². The fourth-order valence-corrected chi connectivity index (χ4v) is 4.70. The largest absolute Gasteiger partial charge is 0.254 e. The molecule has 4 atom stereocenters. The number of nitrogens with zero attached hydrogens (tertiary/aromatic N) is 3. The van der Waals surface area contributed by atoms with Crippen LogP contribution < -0.4 is 0 Å². The smallest absolute Gasteiger partial charge is 0.188 e. The van der Waals surface area contributed by atoms with E-state index in [1.807, 2.05) is 68.4 Å². The van der Waals surface area contributed by atoms with E-state index in [-0.39, 0.29) is 6.04 Å². The van der Waals surface area contributed by atoms with Gasteiger partial charge in [-0.15, -0.1) is 0 Å². The minimum atomic E-state index is -1.35. The maximum absolute atomic E-state index is 13.2. The highest BCUT2D eigenvalue weighted by Gasteiger charge is 2.51. The number of benzene rings is 2. The van der Waals surface area contributed by atoms with Crippen molar-refractivity contribution in [1.82, 2.24) is 0 Å². The highest BCUT2D eigenvalue weighted by Crippen LogP contribution is 2.36. The Hall–Kier alpha value is -2.32. The second-order valence-electron chi connectivity index (χ2n) is 6.19. The van der Waals surface area contributed by atoms with Gasteiger partial charge in [-0.2, -0.15) is 15.5 Å². The van der Waals surface area contributed by atoms with E-state index in [0.29, 0.717) is 6.42 Å². The van der Waals surface area contributed by atoms with Crippen molar-refractivity contribution in [3.05, 3.63) is 65.7 Å². The van der Waals surface area contributed by atoms with Crippen LogP contribution in [0.5, 0.6) is 0 Å². The first-order valence-electron chi connectivity index (χ1n) is 7.90. The van der Waals surface area contributed by atoms with Crippen molar-refractivity contribution < 1.29 is 4.21 Å². The van der Waals surface area contributed by atoms with E-state index in [2.05, 4.69) is 16.3 Å². The molecule has 122 valence electrons. The van der Waals surface area contributed by atoms with Gasteiger partial charge in [-0.05, 0) is 31.5 Å². The Morgan fingerprint density at radius 1 is 1.17 bits per heavy atom. The Morgan fingerprint density at radius 3 is 2.46 bits per heavy atom. The van der Waals surface area contributed by atoms with Gasteiger partial charge in [0.2, 0.25) is 0 Å². The average molecular weight is 337 g/mol. The highest BCUT2D eigenvalue weighted by atomic mass is 32.2. The van der Waals surface area contributed by atoms with Gasteiger partial charge in [-0.25, -0.2) is 0 Å². The number of aryl methyl sites for hydroxylation is 1. The summed E-state index contributed by atoms with van der Waals surface area (Å²) in [6.45, 7) is 3.87. The Bertz CT molecular complexity index is 811. The highest BCUT2D eigenvalue weighted by molar-refractivity contribution is 7.85. The zero-order valence-electron chi connectivity index (χ0n) is 13.7. The predicted molar refractivity (Wildman–Crippen MR) is 94.2 cm³/mol. The SMILES string of the molecule is Cc1ccc(S(=O)[C@H]2[C@H](C)N=N[C@]2(C#N)Cc2ccccc2)cc1. The fraction of sp³-hybridized carbons (Fsp3) is 0.316. The third-order valence-electron chi connectivity index (χ3n) is 4.32. The molecule has 0 aliphatic carbocycles. The van der Waals surface area contributed by atoms with Crippen LogP contribution in [0, 0.1) is 18.3 Å². The minimum absolute atomic E-state index is 0.254. The molecule has 1 heterocycles. The number of azo groups is 1. The summed E-state index contributed by atoms with van der Waals surface area (Å²) in [5.74, 6) is 0. The van der Waals surface area contributed by atoms with E-state index in [9.17, 15) is 9.47 Å². The third-order valence-corrected chi connectivity index (χ3v) is 6.30. The molecular weight excluding hydrogens is 318 g/mol. The molecule has 0 bridgehead atoms. The summed E-state index contributed by atoms with van der Waals surface area (Å²) in [7, 11) is -1.35. The molecule has 0 radical (unpaired) electrons. The van der Waals surface area contributed by atoms with Gasteiger partial charge in [0.1, 0.15) is 5.25 Å². The number of hydrogen-bond acceptors (Lipinski definition) is 4. The lowest BCUT2D eigenvalue weighted by atomic mass is 9.88. The first kappa shape index (κ1) is 16.5. The van der Waals surface area contributed by atoms with Crippen LogP contribution in [-0.4, -0.2) is 21.0 Å². The van der Waals surface area contributed by atoms with Crippen molar-refractivity contribution >= 4 is 10.8 Å². The quantitative estimate of drug-likeness (QED) is 0.851. The second-order valence-corrected chi connectivity index (χ2v) is 7.76. The van der Waals surface area contributed by atoms with Gasteiger partial charge in [-0.1, -0.05) is 48.0 Å². The van der Waals surface area contributed by atoms with Crippen molar-refractivity contribution in [3.8, 4) is 6.07 Å². The molecule has 1 aliphatic heterocycles. The van der Waals surface area contributed by atoms with Crippen LogP contribution in [0.25, 0.3) is 0 Å². The zero-order chi connectivity index (χ0) is 17.2. The molecule has 1 unspecified atom stereocenters. The van der Waals surface area contributed by atoms with Gasteiger partial charge in [0.15, 0.2) is 5.54 Å². The van der Waals surface area contributed by atoms with Gasteiger partial charge < -0.3 is 0 Å². The average Bonchev–Trinajstić information content (AvgIpc) is 2.92. The van der Waals surface area contributed by atoms with E-state index in [0.717, 1.165) is 16.0 Å². The molecule has 0 fully saturated rings. The molecule has 2 aromatic rings. The Kier molecular flexibility index (Phi) is 4.59. The minimum Gasteiger partial charge on any atom is -0.254 e. The van der Waals surface area contributed by atoms with Crippen LogP contribution >= 0.6 is 0 Å². The van der Waals surface area contributed by atoms with Crippen LogP contribution in [0.2, 0.25) is 0 Å². The molecule has 0 aromatic heterocycles. The summed E-state index contributed by atoms with van der Waals surface area (Å²) in [5, 5.41) is 17.9. The van der Waals surface area contributed by atoms with Crippen molar-refractivity contribution in [3.63, 3.8) is 0 Å². The van der Waals surface area contributed by atoms with Crippen LogP contribution in [0.1, 0.15) is 18.1 Å². The summed E-state index contributed by atoms with van der Waals surface area (Å²) >= 11 is 0. The van der Waals surface area contributed by atoms with E-state index >= 15 is 0 Å². The van der Waals surface area contributed by atoms with E-state index in [4.69, 9.17) is 0 Å². The van der Waals surface area contributed by atoms with Crippen molar-refractivity contribution in [2.75, 3.05) is 0 Å². The lowest BCUT2D eigenvalue weighted by molar-refractivity contribution is 0.522. The standard InChI is InChI=1S/C19H19N3OS/c1-14-8-10-17(11-9-14)24(23)18-15(2)21-22-19(18,13-20)12-16-6-4-3-5-7-16/h3-11,15,18H,12H2,1-2H3/t15-,18-,19-,24?/m0/s1. The predicted octanol–water partition coefficient (Wildman–Crippen LogP) is 3.83. The summed E-state index contributed by atoms with van der Waals surface area (Å²) in [5.41, 5.74) is 1.02. The van der Waals surface area contributed by atoms with E-state index < -0.39 is 21.6 Å². The molecule has 3 rings (SSSR count). The van der Waals surface area contributed by atoms with Gasteiger partial charge >= 0.3 is 0 Å². The zero-order valence-corrected chi connectivity index (χ0v) is 14.5. The maximum atomic E-state index is 13.2. The number of rotatable bonds is 4.